The molecule has 3 unspecified atom stereocenters. The van der Waals surface area contributed by atoms with Gasteiger partial charge in [-0.3, -0.25) is 20.2 Å². The Morgan fingerprint density at radius 2 is 1.42 bits per heavy atom. The van der Waals surface area contributed by atoms with E-state index in [-0.39, 0.29) is 17.8 Å². The van der Waals surface area contributed by atoms with Crippen LogP contribution in [0.2, 0.25) is 0 Å². The molecule has 0 aromatic heterocycles. The Kier molecular flexibility index (Phi) is 14.2. The first-order valence-electron chi connectivity index (χ1n) is 15.1. The smallest absolute Gasteiger partial charge is 0.414 e. The molecule has 0 bridgehead atoms. The van der Waals surface area contributed by atoms with Crippen molar-refractivity contribution in [2.75, 3.05) is 24.6 Å². The van der Waals surface area contributed by atoms with Gasteiger partial charge in [0, 0.05) is 30.2 Å². The maximum Gasteiger partial charge on any atom is 0.414 e. The average molecular weight is 642 g/mol. The van der Waals surface area contributed by atoms with Crippen LogP contribution in [0.25, 0.3) is 0 Å². The monoisotopic (exact) mass is 641 g/mol. The molecule has 1 aliphatic heterocycles. The van der Waals surface area contributed by atoms with E-state index < -0.39 is 41.4 Å². The number of carbonyl (C=O) groups excluding carboxylic acids is 4. The maximum absolute atomic E-state index is 14.0. The van der Waals surface area contributed by atoms with E-state index in [4.69, 9.17) is 14.5 Å². The zero-order chi connectivity index (χ0) is 32.4. The summed E-state index contributed by atoms with van der Waals surface area (Å²) in [7, 11) is 0. The number of ether oxygens (including phenoxy) is 2. The summed E-state index contributed by atoms with van der Waals surface area (Å²) in [4.78, 5) is 58.6. The van der Waals surface area contributed by atoms with Gasteiger partial charge in [-0.15, -0.1) is 23.5 Å². The van der Waals surface area contributed by atoms with Gasteiger partial charge in [0.1, 0.15) is 17.2 Å². The minimum Gasteiger partial charge on any atom is -0.444 e. The number of carbonyl (C=O) groups is 4. The van der Waals surface area contributed by atoms with Crippen molar-refractivity contribution >= 4 is 53.5 Å². The van der Waals surface area contributed by atoms with Gasteiger partial charge in [-0.25, -0.2) is 14.6 Å². The summed E-state index contributed by atoms with van der Waals surface area (Å²) < 4.78 is 12.1. The highest BCUT2D eigenvalue weighted by Gasteiger charge is 2.43. The molecule has 43 heavy (non-hydrogen) atoms. The highest BCUT2D eigenvalue weighted by atomic mass is 32.2. The van der Waals surface area contributed by atoms with E-state index in [2.05, 4.69) is 16.0 Å². The lowest BCUT2D eigenvalue weighted by atomic mass is 9.92. The van der Waals surface area contributed by atoms with Crippen molar-refractivity contribution in [2.24, 2.45) is 10.9 Å². The third kappa shape index (κ3) is 13.0. The van der Waals surface area contributed by atoms with Gasteiger partial charge in [-0.1, -0.05) is 13.8 Å². The van der Waals surface area contributed by atoms with Crippen LogP contribution in [-0.2, 0) is 19.1 Å². The number of alkyl carbamates (subject to hydrolysis) is 2. The molecule has 2 aliphatic rings. The summed E-state index contributed by atoms with van der Waals surface area (Å²) >= 11 is 3.61. The molecule has 1 aliphatic carbocycles. The van der Waals surface area contributed by atoms with E-state index >= 15 is 0 Å². The largest absolute Gasteiger partial charge is 0.444 e. The molecule has 13 heteroatoms. The minimum absolute atomic E-state index is 0.137. The van der Waals surface area contributed by atoms with E-state index in [0.29, 0.717) is 25.9 Å². The third-order valence-corrected chi connectivity index (χ3v) is 9.16. The fraction of sp³-hybridized carbons (Fsp3) is 0.767. The molecule has 1 saturated carbocycles. The lowest BCUT2D eigenvalue weighted by Gasteiger charge is -2.32. The molecule has 1 saturated heterocycles. The van der Waals surface area contributed by atoms with Gasteiger partial charge in [0.15, 0.2) is 0 Å². The minimum atomic E-state index is -0.828. The molecule has 4 amide bonds. The topological polar surface area (TPSA) is 138 Å². The molecule has 3 atom stereocenters. The molecule has 2 fully saturated rings. The third-order valence-electron chi connectivity index (χ3n) is 6.36. The summed E-state index contributed by atoms with van der Waals surface area (Å²) in [6.45, 7) is 17.0. The second-order valence-electron chi connectivity index (χ2n) is 12.8. The first-order valence-corrected chi connectivity index (χ1v) is 17.1. The molecular weight excluding hydrogens is 590 g/mol. The van der Waals surface area contributed by atoms with Crippen molar-refractivity contribution in [3.63, 3.8) is 0 Å². The lowest BCUT2D eigenvalue weighted by Crippen LogP contribution is -2.54. The first-order chi connectivity index (χ1) is 20.0. The van der Waals surface area contributed by atoms with Gasteiger partial charge in [0.2, 0.25) is 17.8 Å². The highest BCUT2D eigenvalue weighted by Crippen LogP contribution is 2.46. The van der Waals surface area contributed by atoms with Gasteiger partial charge >= 0.3 is 12.2 Å². The Labute approximate surface area is 265 Å². The number of hydrogen-bond acceptors (Lipinski definition) is 9. The number of guanidine groups is 1. The molecule has 11 nitrogen and oxygen atoms in total. The van der Waals surface area contributed by atoms with Gasteiger partial charge in [-0.2, -0.15) is 0 Å². The molecule has 2 rings (SSSR count). The quantitative estimate of drug-likeness (QED) is 0.236. The average Bonchev–Trinajstić information content (AvgIpc) is 3.28. The van der Waals surface area contributed by atoms with Gasteiger partial charge in [0.05, 0.1) is 6.04 Å². The molecule has 0 radical (unpaired) electrons. The first kappa shape index (κ1) is 36.8. The fourth-order valence-corrected chi connectivity index (χ4v) is 7.60. The highest BCUT2D eigenvalue weighted by molar-refractivity contribution is 8.22. The number of rotatable bonds is 8. The Morgan fingerprint density at radius 3 is 1.86 bits per heavy atom. The van der Waals surface area contributed by atoms with Crippen molar-refractivity contribution in [1.82, 2.24) is 20.9 Å². The van der Waals surface area contributed by atoms with Crippen LogP contribution in [0.4, 0.5) is 9.59 Å². The fourth-order valence-electron chi connectivity index (χ4n) is 4.89. The van der Waals surface area contributed by atoms with Crippen LogP contribution < -0.4 is 16.0 Å². The standard InChI is InChI=1S/C30H51N5O6S2/c1-10-13-35(14-11-2)24(37)23(31-19(3)36)21-17-20(25-42-15-12-16-43-25)18-22(21)32-26(33-27(38)40-29(4,5)6)34-28(39)41-30(7,8)9/h21-23H,10-18H2,1-9H3,(H,31,36)(H2,32,33,34,38,39). The zero-order valence-corrected chi connectivity index (χ0v) is 28.9. The summed E-state index contributed by atoms with van der Waals surface area (Å²) in [6, 6.07) is -1.36. The SMILES string of the molecule is CCCN(CCC)C(=O)C(NC(C)=O)C1CC(=C2SCCCS2)CC1N=C(NC(=O)OC(C)(C)C)NC(=O)OC(C)(C)C. The number of amides is 4. The van der Waals surface area contributed by atoms with Crippen LogP contribution in [0.3, 0.4) is 0 Å². The van der Waals surface area contributed by atoms with Gasteiger partial charge < -0.3 is 19.7 Å². The normalized spacial score (nSPS) is 19.7. The Balaban J connectivity index is 2.58. The number of nitrogens with one attached hydrogen (secondary N) is 3. The second-order valence-corrected chi connectivity index (χ2v) is 15.3. The second kappa shape index (κ2) is 16.6. The summed E-state index contributed by atoms with van der Waals surface area (Å²) in [5.74, 6) is 1.03. The zero-order valence-electron chi connectivity index (χ0n) is 27.3. The van der Waals surface area contributed by atoms with Gasteiger partial charge in [0.25, 0.3) is 0 Å². The summed E-state index contributed by atoms with van der Waals surface area (Å²) in [5.41, 5.74) is -0.396. The summed E-state index contributed by atoms with van der Waals surface area (Å²) in [5, 5.41) is 8.07. The number of aliphatic imine (C=N–C) groups is 1. The summed E-state index contributed by atoms with van der Waals surface area (Å²) in [6.07, 6.45) is 2.19. The van der Waals surface area contributed by atoms with E-state index in [1.165, 1.54) is 16.7 Å². The van der Waals surface area contributed by atoms with Crippen LogP contribution in [0.1, 0.15) is 94.4 Å². The Bertz CT molecular complexity index is 1020. The van der Waals surface area contributed by atoms with Crippen LogP contribution in [0.5, 0.6) is 0 Å². The van der Waals surface area contributed by atoms with E-state index in [1.807, 2.05) is 13.8 Å². The number of thioether (sulfide) groups is 2. The van der Waals surface area contributed by atoms with Crippen LogP contribution in [0.15, 0.2) is 14.8 Å². The molecule has 0 aromatic rings. The van der Waals surface area contributed by atoms with Crippen LogP contribution >= 0.6 is 23.5 Å². The van der Waals surface area contributed by atoms with E-state index in [9.17, 15) is 19.2 Å². The van der Waals surface area contributed by atoms with Crippen LogP contribution in [0, 0.1) is 5.92 Å². The number of nitrogens with zero attached hydrogens (tertiary/aromatic N) is 2. The molecule has 0 spiro atoms. The molecular formula is C30H51N5O6S2. The van der Waals surface area contributed by atoms with E-state index in [1.54, 1.807) is 70.0 Å². The van der Waals surface area contributed by atoms with Crippen molar-refractivity contribution in [3.8, 4) is 0 Å². The van der Waals surface area contributed by atoms with Crippen molar-refractivity contribution in [1.29, 1.82) is 0 Å². The van der Waals surface area contributed by atoms with Crippen molar-refractivity contribution in [2.45, 2.75) is 118 Å². The lowest BCUT2D eigenvalue weighted by molar-refractivity contribution is -0.137. The van der Waals surface area contributed by atoms with Crippen molar-refractivity contribution in [3.05, 3.63) is 9.81 Å². The van der Waals surface area contributed by atoms with E-state index in [0.717, 1.165) is 30.8 Å². The van der Waals surface area contributed by atoms with Gasteiger partial charge in [-0.05, 0) is 90.7 Å². The predicted octanol–water partition coefficient (Wildman–Crippen LogP) is 5.41. The Morgan fingerprint density at radius 1 is 0.907 bits per heavy atom. The Hall–Kier alpha value is -2.41. The predicted molar refractivity (Wildman–Crippen MR) is 174 cm³/mol. The molecule has 1 heterocycles. The maximum atomic E-state index is 14.0. The molecule has 0 aromatic carbocycles. The van der Waals surface area contributed by atoms with Crippen molar-refractivity contribution < 1.29 is 28.7 Å². The van der Waals surface area contributed by atoms with Crippen LogP contribution in [-0.4, -0.2) is 82.7 Å². The molecule has 244 valence electrons. The number of hydrogen-bond donors (Lipinski definition) is 3. The molecule has 3 N–H and O–H groups in total.